The van der Waals surface area contributed by atoms with Crippen LogP contribution >= 0.6 is 0 Å². The summed E-state index contributed by atoms with van der Waals surface area (Å²) in [6.07, 6.45) is 0. The van der Waals surface area contributed by atoms with Crippen LogP contribution in [0.5, 0.6) is 11.5 Å². The maximum Gasteiger partial charge on any atom is 0.270 e. The number of alkyl halides is 2. The molecule has 0 saturated heterocycles. The highest BCUT2D eigenvalue weighted by Gasteiger charge is 2.35. The Hall–Kier alpha value is -1.36. The second-order valence-corrected chi connectivity index (χ2v) is 5.47. The molecule has 1 heterocycles. The van der Waals surface area contributed by atoms with Crippen molar-refractivity contribution in [2.45, 2.75) is 32.1 Å². The summed E-state index contributed by atoms with van der Waals surface area (Å²) in [5.74, 6) is -2.21. The topological polar surface area (TPSA) is 38.7 Å². The number of aliphatic hydroxyl groups excluding tert-OH is 1. The van der Waals surface area contributed by atoms with E-state index in [0.29, 0.717) is 30.3 Å². The van der Waals surface area contributed by atoms with Gasteiger partial charge in [0, 0.05) is 17.9 Å². The van der Waals surface area contributed by atoms with E-state index in [-0.39, 0.29) is 12.2 Å². The Morgan fingerprint density at radius 3 is 1.95 bits per heavy atom. The minimum absolute atomic E-state index is 0.129. The summed E-state index contributed by atoms with van der Waals surface area (Å²) in [4.78, 5) is 0. The van der Waals surface area contributed by atoms with Crippen molar-refractivity contribution in [3.8, 4) is 11.5 Å². The van der Waals surface area contributed by atoms with Crippen LogP contribution in [0.2, 0.25) is 0 Å². The van der Waals surface area contributed by atoms with Gasteiger partial charge in [-0.3, -0.25) is 0 Å². The van der Waals surface area contributed by atoms with E-state index in [2.05, 4.69) is 0 Å². The molecule has 1 aromatic carbocycles. The second kappa shape index (κ2) is 4.63. The molecule has 0 atom stereocenters. The first-order chi connectivity index (χ1) is 8.75. The van der Waals surface area contributed by atoms with Gasteiger partial charge < -0.3 is 14.6 Å². The molecule has 5 heteroatoms. The number of rotatable bonds is 3. The van der Waals surface area contributed by atoms with E-state index in [0.717, 1.165) is 6.92 Å². The molecule has 0 aromatic heterocycles. The number of ether oxygens (including phenoxy) is 2. The van der Waals surface area contributed by atoms with Crippen molar-refractivity contribution < 1.29 is 23.4 Å². The molecule has 0 saturated carbocycles. The highest BCUT2D eigenvalue weighted by atomic mass is 19.3. The van der Waals surface area contributed by atoms with Gasteiger partial charge in [0.05, 0.1) is 6.61 Å². The van der Waals surface area contributed by atoms with E-state index in [1.807, 2.05) is 0 Å². The van der Waals surface area contributed by atoms with Gasteiger partial charge in [0.1, 0.15) is 13.2 Å². The van der Waals surface area contributed by atoms with Gasteiger partial charge in [0.15, 0.2) is 11.5 Å². The van der Waals surface area contributed by atoms with Gasteiger partial charge in [-0.05, 0) is 17.7 Å². The number of benzene rings is 1. The SMILES string of the molecule is CC(F)(F)c1cc2c(cc1C(C)(C)CO)OCCO2. The minimum atomic E-state index is -3.00. The van der Waals surface area contributed by atoms with Crippen molar-refractivity contribution in [3.05, 3.63) is 23.3 Å². The Bertz CT molecular complexity index is 478. The summed E-state index contributed by atoms with van der Waals surface area (Å²) in [6, 6.07) is 2.87. The van der Waals surface area contributed by atoms with Crippen LogP contribution in [0.3, 0.4) is 0 Å². The third kappa shape index (κ3) is 2.66. The van der Waals surface area contributed by atoms with E-state index < -0.39 is 11.3 Å². The van der Waals surface area contributed by atoms with Crippen LogP contribution < -0.4 is 9.47 Å². The molecule has 106 valence electrons. The summed E-state index contributed by atoms with van der Waals surface area (Å²) in [6.45, 7) is 4.80. The Morgan fingerprint density at radius 1 is 1.05 bits per heavy atom. The van der Waals surface area contributed by atoms with Crippen molar-refractivity contribution in [1.82, 2.24) is 0 Å². The quantitative estimate of drug-likeness (QED) is 0.919. The summed E-state index contributed by atoms with van der Waals surface area (Å²) < 4.78 is 38.3. The monoisotopic (exact) mass is 272 g/mol. The van der Waals surface area contributed by atoms with Crippen molar-refractivity contribution in [3.63, 3.8) is 0 Å². The molecule has 0 radical (unpaired) electrons. The predicted octanol–water partition coefficient (Wildman–Crippen LogP) is 2.84. The van der Waals surface area contributed by atoms with E-state index in [4.69, 9.17) is 9.47 Å². The van der Waals surface area contributed by atoms with Crippen molar-refractivity contribution in [2.24, 2.45) is 0 Å². The minimum Gasteiger partial charge on any atom is -0.486 e. The maximum absolute atomic E-state index is 13.8. The number of fused-ring (bicyclic) bond motifs is 1. The number of hydrogen-bond acceptors (Lipinski definition) is 3. The molecule has 1 N–H and O–H groups in total. The van der Waals surface area contributed by atoms with Crippen LogP contribution in [-0.2, 0) is 11.3 Å². The molecule has 1 aromatic rings. The van der Waals surface area contributed by atoms with Gasteiger partial charge in [-0.25, -0.2) is 8.78 Å². The van der Waals surface area contributed by atoms with Gasteiger partial charge in [0.25, 0.3) is 5.92 Å². The predicted molar refractivity (Wildman–Crippen MR) is 67.1 cm³/mol. The van der Waals surface area contributed by atoms with Gasteiger partial charge in [-0.2, -0.15) is 0 Å². The average molecular weight is 272 g/mol. The lowest BCUT2D eigenvalue weighted by atomic mass is 9.80. The molecule has 19 heavy (non-hydrogen) atoms. The summed E-state index contributed by atoms with van der Waals surface area (Å²) in [5.41, 5.74) is -0.521. The zero-order chi connectivity index (χ0) is 14.3. The summed E-state index contributed by atoms with van der Waals surface area (Å²) in [5, 5.41) is 9.42. The zero-order valence-electron chi connectivity index (χ0n) is 11.3. The molecule has 3 nitrogen and oxygen atoms in total. The fraction of sp³-hybridized carbons (Fsp3) is 0.571. The Kier molecular flexibility index (Phi) is 3.43. The second-order valence-electron chi connectivity index (χ2n) is 5.47. The molecule has 2 rings (SSSR count). The van der Waals surface area contributed by atoms with Crippen molar-refractivity contribution in [1.29, 1.82) is 0 Å². The fourth-order valence-electron chi connectivity index (χ4n) is 2.10. The number of halogens is 2. The number of hydrogen-bond donors (Lipinski definition) is 1. The fourth-order valence-corrected chi connectivity index (χ4v) is 2.10. The molecular formula is C14H18F2O3. The molecular weight excluding hydrogens is 254 g/mol. The Morgan fingerprint density at radius 2 is 1.53 bits per heavy atom. The molecule has 0 bridgehead atoms. The molecule has 0 fully saturated rings. The zero-order valence-corrected chi connectivity index (χ0v) is 11.3. The van der Waals surface area contributed by atoms with Crippen molar-refractivity contribution >= 4 is 0 Å². The van der Waals surface area contributed by atoms with Gasteiger partial charge in [-0.15, -0.1) is 0 Å². The Balaban J connectivity index is 2.62. The highest BCUT2D eigenvalue weighted by Crippen LogP contribution is 2.43. The first-order valence-electron chi connectivity index (χ1n) is 6.19. The smallest absolute Gasteiger partial charge is 0.270 e. The third-order valence-electron chi connectivity index (χ3n) is 3.28. The lowest BCUT2D eigenvalue weighted by Gasteiger charge is -2.30. The summed E-state index contributed by atoms with van der Waals surface area (Å²) >= 11 is 0. The molecule has 1 aliphatic heterocycles. The third-order valence-corrected chi connectivity index (χ3v) is 3.28. The van der Waals surface area contributed by atoms with E-state index in [1.54, 1.807) is 19.9 Å². The maximum atomic E-state index is 13.8. The first kappa shape index (κ1) is 14.1. The molecule has 1 aliphatic rings. The highest BCUT2D eigenvalue weighted by molar-refractivity contribution is 5.51. The first-order valence-corrected chi connectivity index (χ1v) is 6.19. The van der Waals surface area contributed by atoms with Crippen LogP contribution in [0.1, 0.15) is 31.9 Å². The van der Waals surface area contributed by atoms with Crippen LogP contribution in [-0.4, -0.2) is 24.9 Å². The molecule has 0 aliphatic carbocycles. The van der Waals surface area contributed by atoms with E-state index in [1.165, 1.54) is 6.07 Å². The van der Waals surface area contributed by atoms with E-state index in [9.17, 15) is 13.9 Å². The lowest BCUT2D eigenvalue weighted by molar-refractivity contribution is 0.0143. The van der Waals surface area contributed by atoms with Crippen LogP contribution in [0.15, 0.2) is 12.1 Å². The van der Waals surface area contributed by atoms with Crippen LogP contribution in [0.4, 0.5) is 8.78 Å². The van der Waals surface area contributed by atoms with Gasteiger partial charge in [-0.1, -0.05) is 13.8 Å². The number of aliphatic hydroxyl groups is 1. The largest absolute Gasteiger partial charge is 0.486 e. The van der Waals surface area contributed by atoms with Crippen LogP contribution in [0.25, 0.3) is 0 Å². The lowest BCUT2D eigenvalue weighted by Crippen LogP contribution is -2.28. The van der Waals surface area contributed by atoms with E-state index >= 15 is 0 Å². The van der Waals surface area contributed by atoms with Crippen LogP contribution in [0, 0.1) is 0 Å². The van der Waals surface area contributed by atoms with Gasteiger partial charge >= 0.3 is 0 Å². The molecule has 0 unspecified atom stereocenters. The van der Waals surface area contributed by atoms with Gasteiger partial charge in [0.2, 0.25) is 0 Å². The summed E-state index contributed by atoms with van der Waals surface area (Å²) in [7, 11) is 0. The standard InChI is InChI=1S/C14H18F2O3/c1-13(2,8-17)9-6-11-12(19-5-4-18-11)7-10(9)14(3,15)16/h6-7,17H,4-5,8H2,1-3H3. The molecule has 0 amide bonds. The van der Waals surface area contributed by atoms with Crippen molar-refractivity contribution in [2.75, 3.05) is 19.8 Å². The Labute approximate surface area is 111 Å². The molecule has 0 spiro atoms. The average Bonchev–Trinajstić information content (AvgIpc) is 2.36. The normalized spacial score (nSPS) is 15.5.